The first-order chi connectivity index (χ1) is 12.6. The molecule has 1 aromatic carbocycles. The molecule has 5 heteroatoms. The number of para-hydroxylation sites is 1. The fraction of sp³-hybridized carbons (Fsp3) is 0.476. The predicted molar refractivity (Wildman–Crippen MR) is 105 cm³/mol. The zero-order valence-electron chi connectivity index (χ0n) is 15.9. The van der Waals surface area contributed by atoms with Gasteiger partial charge in [0.15, 0.2) is 5.96 Å². The van der Waals surface area contributed by atoms with Crippen molar-refractivity contribution in [1.82, 2.24) is 10.6 Å². The second-order valence-corrected chi connectivity index (χ2v) is 7.23. The maximum atomic E-state index is 5.83. The first-order valence-corrected chi connectivity index (χ1v) is 9.42. The van der Waals surface area contributed by atoms with Gasteiger partial charge in [-0.05, 0) is 31.0 Å². The van der Waals surface area contributed by atoms with Crippen LogP contribution in [-0.2, 0) is 6.42 Å². The van der Waals surface area contributed by atoms with Crippen LogP contribution in [0.15, 0.2) is 52.1 Å². The number of nitrogens with one attached hydrogen (secondary N) is 2. The van der Waals surface area contributed by atoms with E-state index in [0.29, 0.717) is 18.4 Å². The second-order valence-electron chi connectivity index (χ2n) is 7.23. The highest BCUT2D eigenvalue weighted by atomic mass is 16.5. The summed E-state index contributed by atoms with van der Waals surface area (Å²) in [6, 6.07) is 12.4. The van der Waals surface area contributed by atoms with E-state index in [1.54, 1.807) is 6.26 Å². The van der Waals surface area contributed by atoms with Gasteiger partial charge in [0, 0.05) is 37.0 Å². The molecule has 2 atom stereocenters. The molecule has 0 amide bonds. The van der Waals surface area contributed by atoms with E-state index in [1.807, 2.05) is 24.3 Å². The van der Waals surface area contributed by atoms with Gasteiger partial charge in [-0.2, -0.15) is 0 Å². The number of guanidine groups is 1. The highest BCUT2D eigenvalue weighted by molar-refractivity contribution is 5.80. The Kier molecular flexibility index (Phi) is 6.21. The van der Waals surface area contributed by atoms with Gasteiger partial charge in [-0.1, -0.05) is 32.0 Å². The molecule has 0 spiro atoms. The molecule has 0 saturated carbocycles. The summed E-state index contributed by atoms with van der Waals surface area (Å²) < 4.78 is 11.2. The molecule has 5 nitrogen and oxygen atoms in total. The third-order valence-electron chi connectivity index (χ3n) is 4.56. The number of ether oxygens (including phenoxy) is 1. The minimum Gasteiger partial charge on any atom is -0.493 e. The van der Waals surface area contributed by atoms with Crippen molar-refractivity contribution in [3.63, 3.8) is 0 Å². The van der Waals surface area contributed by atoms with E-state index in [9.17, 15) is 0 Å². The Balaban J connectivity index is 1.60. The first kappa shape index (κ1) is 18.4. The van der Waals surface area contributed by atoms with Crippen LogP contribution in [0.4, 0.5) is 0 Å². The SMILES string of the molecule is CC(C)CN=C(NCCc1ccco1)NC(C)C1COc2ccccc21. The highest BCUT2D eigenvalue weighted by Gasteiger charge is 2.29. The van der Waals surface area contributed by atoms with Crippen molar-refractivity contribution >= 4 is 5.96 Å². The molecule has 2 unspecified atom stereocenters. The van der Waals surface area contributed by atoms with Gasteiger partial charge in [0.05, 0.1) is 12.9 Å². The summed E-state index contributed by atoms with van der Waals surface area (Å²) in [6.07, 6.45) is 2.54. The Bertz CT molecular complexity index is 710. The molecule has 0 saturated heterocycles. The minimum atomic E-state index is 0.223. The van der Waals surface area contributed by atoms with Gasteiger partial charge in [-0.15, -0.1) is 0 Å². The van der Waals surface area contributed by atoms with Crippen LogP contribution >= 0.6 is 0 Å². The third-order valence-corrected chi connectivity index (χ3v) is 4.56. The van der Waals surface area contributed by atoms with E-state index >= 15 is 0 Å². The van der Waals surface area contributed by atoms with Crippen molar-refractivity contribution in [1.29, 1.82) is 0 Å². The number of hydrogen-bond donors (Lipinski definition) is 2. The topological polar surface area (TPSA) is 58.8 Å². The summed E-state index contributed by atoms with van der Waals surface area (Å²) in [7, 11) is 0. The van der Waals surface area contributed by atoms with Gasteiger partial charge in [-0.25, -0.2) is 0 Å². The number of nitrogens with zero attached hydrogens (tertiary/aromatic N) is 1. The van der Waals surface area contributed by atoms with E-state index in [4.69, 9.17) is 14.1 Å². The van der Waals surface area contributed by atoms with E-state index in [-0.39, 0.29) is 6.04 Å². The van der Waals surface area contributed by atoms with Crippen molar-refractivity contribution in [2.45, 2.75) is 39.2 Å². The van der Waals surface area contributed by atoms with Crippen LogP contribution in [0.25, 0.3) is 0 Å². The van der Waals surface area contributed by atoms with Crippen LogP contribution in [0.1, 0.15) is 38.0 Å². The van der Waals surface area contributed by atoms with Crippen LogP contribution in [0.5, 0.6) is 5.75 Å². The van der Waals surface area contributed by atoms with E-state index in [1.165, 1.54) is 5.56 Å². The zero-order valence-corrected chi connectivity index (χ0v) is 15.9. The lowest BCUT2D eigenvalue weighted by atomic mass is 9.94. The quantitative estimate of drug-likeness (QED) is 0.589. The standard InChI is InChI=1S/C21H29N3O2/c1-15(2)13-23-21(22-11-10-17-7-6-12-25-17)24-16(3)19-14-26-20-9-5-4-8-18(19)20/h4-9,12,15-16,19H,10-11,13-14H2,1-3H3,(H2,22,23,24). The molecule has 3 rings (SSSR count). The normalized spacial score (nSPS) is 17.7. The first-order valence-electron chi connectivity index (χ1n) is 9.42. The molecule has 140 valence electrons. The number of aliphatic imine (C=N–C) groups is 1. The Morgan fingerprint density at radius 3 is 2.81 bits per heavy atom. The summed E-state index contributed by atoms with van der Waals surface area (Å²) in [4.78, 5) is 4.73. The lowest BCUT2D eigenvalue weighted by Crippen LogP contribution is -2.45. The van der Waals surface area contributed by atoms with E-state index in [2.05, 4.69) is 43.5 Å². The molecular formula is C21H29N3O2. The number of furan rings is 1. The summed E-state index contributed by atoms with van der Waals surface area (Å²) >= 11 is 0. The van der Waals surface area contributed by atoms with Gasteiger partial charge in [-0.3, -0.25) is 4.99 Å². The second kappa shape index (κ2) is 8.79. The molecule has 0 aliphatic carbocycles. The summed E-state index contributed by atoms with van der Waals surface area (Å²) in [5, 5.41) is 6.99. The van der Waals surface area contributed by atoms with Crippen LogP contribution in [0.2, 0.25) is 0 Å². The molecule has 0 radical (unpaired) electrons. The fourth-order valence-electron chi connectivity index (χ4n) is 3.10. The van der Waals surface area contributed by atoms with Crippen molar-refractivity contribution in [3.05, 3.63) is 54.0 Å². The Morgan fingerprint density at radius 1 is 1.19 bits per heavy atom. The average Bonchev–Trinajstić information content (AvgIpc) is 3.28. The van der Waals surface area contributed by atoms with E-state index < -0.39 is 0 Å². The Hall–Kier alpha value is -2.43. The smallest absolute Gasteiger partial charge is 0.191 e. The number of hydrogen-bond acceptors (Lipinski definition) is 3. The number of rotatable bonds is 7. The Labute approximate surface area is 155 Å². The van der Waals surface area contributed by atoms with Gasteiger partial charge < -0.3 is 19.8 Å². The predicted octanol–water partition coefficient (Wildman–Crippen LogP) is 3.58. The van der Waals surface area contributed by atoms with Crippen molar-refractivity contribution in [2.75, 3.05) is 19.7 Å². The Morgan fingerprint density at radius 2 is 2.04 bits per heavy atom. The molecule has 1 aromatic heterocycles. The van der Waals surface area contributed by atoms with Crippen molar-refractivity contribution in [3.8, 4) is 5.75 Å². The largest absolute Gasteiger partial charge is 0.493 e. The minimum absolute atomic E-state index is 0.223. The molecule has 1 aliphatic heterocycles. The molecule has 0 bridgehead atoms. The number of fused-ring (bicyclic) bond motifs is 1. The van der Waals surface area contributed by atoms with Crippen LogP contribution in [0.3, 0.4) is 0 Å². The summed E-state index contributed by atoms with van der Waals surface area (Å²) in [6.45, 7) is 8.82. The molecule has 0 fully saturated rings. The summed E-state index contributed by atoms with van der Waals surface area (Å²) in [5.74, 6) is 3.67. The lowest BCUT2D eigenvalue weighted by Gasteiger charge is -2.23. The van der Waals surface area contributed by atoms with Gasteiger partial charge in [0.1, 0.15) is 11.5 Å². The molecule has 2 N–H and O–H groups in total. The molecule has 1 aliphatic rings. The average molecular weight is 355 g/mol. The fourth-order valence-corrected chi connectivity index (χ4v) is 3.10. The van der Waals surface area contributed by atoms with Crippen LogP contribution in [-0.4, -0.2) is 31.7 Å². The van der Waals surface area contributed by atoms with Gasteiger partial charge in [0.2, 0.25) is 0 Å². The maximum Gasteiger partial charge on any atom is 0.191 e. The molecule has 2 heterocycles. The maximum absolute atomic E-state index is 5.83. The van der Waals surface area contributed by atoms with Crippen LogP contribution in [0, 0.1) is 5.92 Å². The molecule has 2 aromatic rings. The van der Waals surface area contributed by atoms with E-state index in [0.717, 1.165) is 37.0 Å². The third kappa shape index (κ3) is 4.81. The molecular weight excluding hydrogens is 326 g/mol. The highest BCUT2D eigenvalue weighted by Crippen LogP contribution is 2.35. The van der Waals surface area contributed by atoms with Crippen molar-refractivity contribution in [2.24, 2.45) is 10.9 Å². The summed E-state index contributed by atoms with van der Waals surface area (Å²) in [5.41, 5.74) is 1.27. The van der Waals surface area contributed by atoms with Gasteiger partial charge in [0.25, 0.3) is 0 Å². The van der Waals surface area contributed by atoms with Crippen LogP contribution < -0.4 is 15.4 Å². The monoisotopic (exact) mass is 355 g/mol. The zero-order chi connectivity index (χ0) is 18.4. The van der Waals surface area contributed by atoms with Crippen molar-refractivity contribution < 1.29 is 9.15 Å². The lowest BCUT2D eigenvalue weighted by molar-refractivity contribution is 0.312. The molecule has 26 heavy (non-hydrogen) atoms. The number of benzene rings is 1. The van der Waals surface area contributed by atoms with Gasteiger partial charge >= 0.3 is 0 Å².